The zero-order valence-electron chi connectivity index (χ0n) is 11.4. The van der Waals surface area contributed by atoms with Crippen molar-refractivity contribution in [2.45, 2.75) is 32.9 Å². The van der Waals surface area contributed by atoms with Gasteiger partial charge in [-0.05, 0) is 20.8 Å². The molecule has 0 spiro atoms. The Labute approximate surface area is 115 Å². The van der Waals surface area contributed by atoms with E-state index in [4.69, 9.17) is 4.74 Å². The molecule has 1 atom stereocenters. The van der Waals surface area contributed by atoms with Crippen molar-refractivity contribution in [2.24, 2.45) is 0 Å². The highest BCUT2D eigenvalue weighted by atomic mass is 32.1. The van der Waals surface area contributed by atoms with Crippen molar-refractivity contribution in [1.29, 1.82) is 0 Å². The Morgan fingerprint density at radius 2 is 2.11 bits per heavy atom. The van der Waals surface area contributed by atoms with E-state index in [2.05, 4.69) is 10.3 Å². The summed E-state index contributed by atoms with van der Waals surface area (Å²) in [4.78, 5) is 30.8. The summed E-state index contributed by atoms with van der Waals surface area (Å²) in [5, 5.41) is 3.43. The van der Waals surface area contributed by atoms with E-state index in [1.165, 1.54) is 23.3 Å². The van der Waals surface area contributed by atoms with Gasteiger partial charge in [0.2, 0.25) is 0 Å². The summed E-state index contributed by atoms with van der Waals surface area (Å²) in [7, 11) is 1.50. The summed E-state index contributed by atoms with van der Waals surface area (Å²) in [5.41, 5.74) is -0.0422. The number of imide groups is 1. The Bertz CT molecular complexity index is 509. The van der Waals surface area contributed by atoms with Gasteiger partial charge in [0.15, 0.2) is 0 Å². The van der Waals surface area contributed by atoms with Gasteiger partial charge >= 0.3 is 6.03 Å². The maximum absolute atomic E-state index is 12.3. The maximum atomic E-state index is 12.3. The van der Waals surface area contributed by atoms with E-state index in [1.807, 2.05) is 13.8 Å². The first kappa shape index (κ1) is 14.0. The van der Waals surface area contributed by atoms with Crippen molar-refractivity contribution < 1.29 is 14.3 Å². The van der Waals surface area contributed by atoms with Gasteiger partial charge in [0.1, 0.15) is 10.5 Å². The summed E-state index contributed by atoms with van der Waals surface area (Å²) >= 11 is 1.50. The molecule has 1 aromatic heterocycles. The summed E-state index contributed by atoms with van der Waals surface area (Å²) < 4.78 is 4.99. The molecule has 1 fully saturated rings. The minimum atomic E-state index is -0.979. The number of methoxy groups -OCH3 is 1. The van der Waals surface area contributed by atoms with E-state index in [-0.39, 0.29) is 19.1 Å². The zero-order valence-corrected chi connectivity index (χ0v) is 12.3. The molecule has 0 saturated carbocycles. The predicted octanol–water partition coefficient (Wildman–Crippen LogP) is 1.22. The molecule has 2 rings (SSSR count). The highest BCUT2D eigenvalue weighted by Gasteiger charge is 2.48. The molecular weight excluding hydrogens is 266 g/mol. The van der Waals surface area contributed by atoms with Gasteiger partial charge < -0.3 is 10.1 Å². The first-order valence-corrected chi connectivity index (χ1v) is 6.75. The number of nitrogens with zero attached hydrogens (tertiary/aromatic N) is 2. The van der Waals surface area contributed by atoms with Gasteiger partial charge in [0.05, 0.1) is 18.8 Å². The van der Waals surface area contributed by atoms with Gasteiger partial charge in [0.25, 0.3) is 5.91 Å². The van der Waals surface area contributed by atoms with E-state index >= 15 is 0 Å². The molecule has 0 radical (unpaired) electrons. The average Bonchev–Trinajstić information content (AvgIpc) is 2.73. The number of urea groups is 1. The lowest BCUT2D eigenvalue weighted by Gasteiger charge is -2.19. The van der Waals surface area contributed by atoms with Crippen molar-refractivity contribution >= 4 is 23.3 Å². The fourth-order valence-corrected chi connectivity index (χ4v) is 2.94. The van der Waals surface area contributed by atoms with Crippen LogP contribution in [0.4, 0.5) is 4.79 Å². The molecule has 0 aliphatic carbocycles. The number of amides is 3. The lowest BCUT2D eigenvalue weighted by atomic mass is 10.0. The second-order valence-electron chi connectivity index (χ2n) is 4.84. The van der Waals surface area contributed by atoms with Crippen molar-refractivity contribution in [2.75, 3.05) is 13.7 Å². The standard InChI is InChI=1S/C12H17N3O3S/c1-7-8(2)19-9(13-7)5-15-10(16)12(3,6-18-4)14-11(15)17/h5-6H2,1-4H3,(H,14,17)/t12-/m0/s1. The van der Waals surface area contributed by atoms with Crippen LogP contribution in [0, 0.1) is 13.8 Å². The van der Waals surface area contributed by atoms with Crippen LogP contribution >= 0.6 is 11.3 Å². The first-order chi connectivity index (χ1) is 8.87. The van der Waals surface area contributed by atoms with Gasteiger partial charge in [-0.15, -0.1) is 11.3 Å². The Kier molecular flexibility index (Phi) is 3.60. The van der Waals surface area contributed by atoms with Crippen LogP contribution in [-0.4, -0.2) is 41.1 Å². The van der Waals surface area contributed by atoms with Gasteiger partial charge in [-0.3, -0.25) is 9.69 Å². The van der Waals surface area contributed by atoms with E-state index in [0.717, 1.165) is 15.6 Å². The third-order valence-electron chi connectivity index (χ3n) is 3.14. The van der Waals surface area contributed by atoms with Crippen molar-refractivity contribution in [1.82, 2.24) is 15.2 Å². The first-order valence-electron chi connectivity index (χ1n) is 5.93. The van der Waals surface area contributed by atoms with Gasteiger partial charge in [-0.25, -0.2) is 9.78 Å². The molecule has 1 aliphatic rings. The monoisotopic (exact) mass is 283 g/mol. The molecule has 7 heteroatoms. The smallest absolute Gasteiger partial charge is 0.325 e. The minimum Gasteiger partial charge on any atom is -0.382 e. The van der Waals surface area contributed by atoms with Crippen LogP contribution in [0.3, 0.4) is 0 Å². The molecular formula is C12H17N3O3S. The highest BCUT2D eigenvalue weighted by Crippen LogP contribution is 2.23. The number of aromatic nitrogens is 1. The fraction of sp³-hybridized carbons (Fsp3) is 0.583. The topological polar surface area (TPSA) is 71.5 Å². The Morgan fingerprint density at radius 1 is 1.42 bits per heavy atom. The Balaban J connectivity index is 2.17. The number of ether oxygens (including phenoxy) is 1. The third kappa shape index (κ3) is 2.48. The molecule has 6 nitrogen and oxygen atoms in total. The van der Waals surface area contributed by atoms with Crippen LogP contribution in [-0.2, 0) is 16.1 Å². The molecule has 0 bridgehead atoms. The molecule has 1 aromatic rings. The Morgan fingerprint density at radius 3 is 2.63 bits per heavy atom. The van der Waals surface area contributed by atoms with Crippen LogP contribution in [0.2, 0.25) is 0 Å². The second kappa shape index (κ2) is 4.90. The van der Waals surface area contributed by atoms with Crippen molar-refractivity contribution in [3.63, 3.8) is 0 Å². The van der Waals surface area contributed by atoms with Crippen molar-refractivity contribution in [3.8, 4) is 0 Å². The van der Waals surface area contributed by atoms with Gasteiger partial charge in [-0.2, -0.15) is 0 Å². The number of nitrogens with one attached hydrogen (secondary N) is 1. The number of thiazole rings is 1. The van der Waals surface area contributed by atoms with Crippen LogP contribution in [0.1, 0.15) is 22.5 Å². The summed E-state index contributed by atoms with van der Waals surface area (Å²) in [6.45, 7) is 5.91. The van der Waals surface area contributed by atoms with Crippen LogP contribution in [0.15, 0.2) is 0 Å². The lowest BCUT2D eigenvalue weighted by molar-refractivity contribution is -0.132. The number of hydrogen-bond donors (Lipinski definition) is 1. The molecule has 0 unspecified atom stereocenters. The lowest BCUT2D eigenvalue weighted by Crippen LogP contribution is -2.47. The van der Waals surface area contributed by atoms with E-state index in [1.54, 1.807) is 6.92 Å². The molecule has 2 heterocycles. The third-order valence-corrected chi connectivity index (χ3v) is 4.20. The predicted molar refractivity (Wildman–Crippen MR) is 71.0 cm³/mol. The summed E-state index contributed by atoms with van der Waals surface area (Å²) in [6.07, 6.45) is 0. The summed E-state index contributed by atoms with van der Waals surface area (Å²) in [6, 6.07) is -0.393. The minimum absolute atomic E-state index is 0.157. The van der Waals surface area contributed by atoms with Gasteiger partial charge in [0, 0.05) is 12.0 Å². The van der Waals surface area contributed by atoms with Gasteiger partial charge in [-0.1, -0.05) is 0 Å². The summed E-state index contributed by atoms with van der Waals surface area (Å²) in [5.74, 6) is -0.273. The molecule has 0 aromatic carbocycles. The number of aryl methyl sites for hydroxylation is 2. The molecule has 1 aliphatic heterocycles. The molecule has 1 saturated heterocycles. The largest absolute Gasteiger partial charge is 0.382 e. The van der Waals surface area contributed by atoms with Crippen LogP contribution < -0.4 is 5.32 Å². The number of carbonyl (C=O) groups excluding carboxylic acids is 2. The number of carbonyl (C=O) groups is 2. The molecule has 1 N–H and O–H groups in total. The number of rotatable bonds is 4. The molecule has 19 heavy (non-hydrogen) atoms. The van der Waals surface area contributed by atoms with E-state index in [0.29, 0.717) is 0 Å². The average molecular weight is 283 g/mol. The van der Waals surface area contributed by atoms with Crippen molar-refractivity contribution in [3.05, 3.63) is 15.6 Å². The molecule has 3 amide bonds. The quantitative estimate of drug-likeness (QED) is 0.843. The number of hydrogen-bond acceptors (Lipinski definition) is 5. The maximum Gasteiger partial charge on any atom is 0.325 e. The fourth-order valence-electron chi connectivity index (χ4n) is 2.02. The van der Waals surface area contributed by atoms with Crippen LogP contribution in [0.25, 0.3) is 0 Å². The normalized spacial score (nSPS) is 23.1. The second-order valence-corrected chi connectivity index (χ2v) is 6.12. The van der Waals surface area contributed by atoms with E-state index < -0.39 is 11.6 Å². The van der Waals surface area contributed by atoms with Crippen LogP contribution in [0.5, 0.6) is 0 Å². The van der Waals surface area contributed by atoms with E-state index in [9.17, 15) is 9.59 Å². The SMILES string of the molecule is COC[C@]1(C)NC(=O)N(Cc2nc(C)c(C)s2)C1=O. The zero-order chi connectivity index (χ0) is 14.2. The molecule has 104 valence electrons. The highest BCUT2D eigenvalue weighted by molar-refractivity contribution is 7.11. The Hall–Kier alpha value is -1.47.